The molecule has 0 radical (unpaired) electrons. The molecule has 0 bridgehead atoms. The molecule has 1 aromatic heterocycles. The molecule has 1 aliphatic heterocycles. The van der Waals surface area contributed by atoms with Crippen molar-refractivity contribution in [3.8, 4) is 0 Å². The Labute approximate surface area is 145 Å². The molecule has 3 rings (SSSR count). The minimum Gasteiger partial charge on any atom is -0.465 e. The second kappa shape index (κ2) is 6.92. The first-order valence-electron chi connectivity index (χ1n) is 8.10. The van der Waals surface area contributed by atoms with Crippen molar-refractivity contribution in [1.29, 1.82) is 0 Å². The Morgan fingerprint density at radius 2 is 2.08 bits per heavy atom. The number of piperidine rings is 1. The number of benzene rings is 1. The molecule has 0 N–H and O–H groups in total. The second-order valence-corrected chi connectivity index (χ2v) is 6.16. The van der Waals surface area contributed by atoms with Gasteiger partial charge in [0, 0.05) is 32.4 Å². The third kappa shape index (κ3) is 3.47. The van der Waals surface area contributed by atoms with Crippen LogP contribution in [0.1, 0.15) is 34.7 Å². The number of nitrogens with zero attached hydrogens (tertiary/aromatic N) is 4. The van der Waals surface area contributed by atoms with Gasteiger partial charge in [0.25, 0.3) is 5.69 Å². The van der Waals surface area contributed by atoms with Gasteiger partial charge in [-0.15, -0.1) is 0 Å². The fourth-order valence-electron chi connectivity index (χ4n) is 3.28. The van der Waals surface area contributed by atoms with Gasteiger partial charge in [-0.25, -0.2) is 4.79 Å². The maximum atomic E-state index is 11.7. The van der Waals surface area contributed by atoms with Gasteiger partial charge in [0.15, 0.2) is 0 Å². The van der Waals surface area contributed by atoms with Crippen molar-refractivity contribution in [3.05, 3.63) is 51.8 Å². The number of esters is 1. The van der Waals surface area contributed by atoms with Gasteiger partial charge < -0.3 is 9.64 Å². The molecule has 0 saturated carbocycles. The van der Waals surface area contributed by atoms with Crippen LogP contribution in [-0.4, -0.2) is 40.9 Å². The Balaban J connectivity index is 1.81. The average molecular weight is 344 g/mol. The highest BCUT2D eigenvalue weighted by Gasteiger charge is 2.27. The molecule has 0 atom stereocenters. The lowest BCUT2D eigenvalue weighted by Gasteiger charge is -2.33. The number of aromatic nitrogens is 2. The third-order valence-corrected chi connectivity index (χ3v) is 4.63. The maximum absolute atomic E-state index is 11.7. The third-order valence-electron chi connectivity index (χ3n) is 4.63. The SMILES string of the molecule is COC(=O)c1ccc([N+](=O)[O-])c(N2CCC(c3cnn(C)c3)CC2)c1. The van der Waals surface area contributed by atoms with Gasteiger partial charge in [-0.2, -0.15) is 5.10 Å². The molecule has 0 unspecified atom stereocenters. The Morgan fingerprint density at radius 1 is 1.36 bits per heavy atom. The number of hydrogen-bond donors (Lipinski definition) is 0. The number of anilines is 1. The highest BCUT2D eigenvalue weighted by atomic mass is 16.6. The van der Waals surface area contributed by atoms with E-state index >= 15 is 0 Å². The minimum atomic E-state index is -0.499. The zero-order chi connectivity index (χ0) is 18.0. The molecule has 2 aromatic rings. The summed E-state index contributed by atoms with van der Waals surface area (Å²) < 4.78 is 6.50. The molecule has 1 saturated heterocycles. The van der Waals surface area contributed by atoms with Crippen LogP contribution in [0.4, 0.5) is 11.4 Å². The number of aryl methyl sites for hydroxylation is 1. The number of hydrogen-bond acceptors (Lipinski definition) is 6. The van der Waals surface area contributed by atoms with Crippen LogP contribution in [0.2, 0.25) is 0 Å². The summed E-state index contributed by atoms with van der Waals surface area (Å²) in [5, 5.41) is 15.6. The first-order chi connectivity index (χ1) is 12.0. The molecule has 8 nitrogen and oxygen atoms in total. The molecule has 0 aliphatic carbocycles. The van der Waals surface area contributed by atoms with Gasteiger partial charge in [-0.3, -0.25) is 14.8 Å². The molecule has 1 aromatic carbocycles. The van der Waals surface area contributed by atoms with Crippen molar-refractivity contribution in [2.45, 2.75) is 18.8 Å². The first kappa shape index (κ1) is 16.9. The number of methoxy groups -OCH3 is 1. The molecule has 8 heteroatoms. The van der Waals surface area contributed by atoms with E-state index in [0.29, 0.717) is 30.3 Å². The van der Waals surface area contributed by atoms with Crippen molar-refractivity contribution < 1.29 is 14.5 Å². The first-order valence-corrected chi connectivity index (χ1v) is 8.10. The minimum absolute atomic E-state index is 0.00693. The molecule has 2 heterocycles. The monoisotopic (exact) mass is 344 g/mol. The summed E-state index contributed by atoms with van der Waals surface area (Å²) in [4.78, 5) is 24.7. The summed E-state index contributed by atoms with van der Waals surface area (Å²) in [7, 11) is 3.18. The van der Waals surface area contributed by atoms with Gasteiger partial charge in [0.2, 0.25) is 0 Å². The van der Waals surface area contributed by atoms with E-state index in [1.165, 1.54) is 24.8 Å². The molecule has 0 spiro atoms. The van der Waals surface area contributed by atoms with Crippen molar-refractivity contribution in [3.63, 3.8) is 0 Å². The van der Waals surface area contributed by atoms with Crippen LogP contribution in [-0.2, 0) is 11.8 Å². The summed E-state index contributed by atoms with van der Waals surface area (Å²) in [6.07, 6.45) is 5.65. The number of rotatable bonds is 4. The molecule has 132 valence electrons. The van der Waals surface area contributed by atoms with Gasteiger partial charge in [-0.1, -0.05) is 0 Å². The Hall–Kier alpha value is -2.90. The predicted octanol–water partition coefficient (Wildman–Crippen LogP) is 2.50. The molecule has 25 heavy (non-hydrogen) atoms. The van der Waals surface area contributed by atoms with E-state index in [2.05, 4.69) is 5.10 Å². The van der Waals surface area contributed by atoms with Crippen molar-refractivity contribution in [2.75, 3.05) is 25.1 Å². The van der Waals surface area contributed by atoms with E-state index < -0.39 is 10.9 Å². The Kier molecular flexibility index (Phi) is 4.69. The summed E-state index contributed by atoms with van der Waals surface area (Å²) in [5.74, 6) is -0.103. The highest BCUT2D eigenvalue weighted by molar-refractivity contribution is 5.91. The fourth-order valence-corrected chi connectivity index (χ4v) is 3.28. The number of carbonyl (C=O) groups excluding carboxylic acids is 1. The lowest BCUT2D eigenvalue weighted by molar-refractivity contribution is -0.384. The summed E-state index contributed by atoms with van der Waals surface area (Å²) in [6.45, 7) is 1.37. The summed E-state index contributed by atoms with van der Waals surface area (Å²) >= 11 is 0. The number of carbonyl (C=O) groups is 1. The standard InChI is InChI=1S/C17H20N4O4/c1-19-11-14(10-18-19)12-5-7-20(8-6-12)16-9-13(17(22)25-2)3-4-15(16)21(23)24/h3-4,9-12H,5-8H2,1-2H3. The lowest BCUT2D eigenvalue weighted by Crippen LogP contribution is -2.33. The molecular formula is C17H20N4O4. The summed E-state index contributed by atoms with van der Waals surface area (Å²) in [5.41, 5.74) is 1.99. The van der Waals surface area contributed by atoms with E-state index in [1.807, 2.05) is 24.3 Å². The van der Waals surface area contributed by atoms with E-state index in [1.54, 1.807) is 10.7 Å². The van der Waals surface area contributed by atoms with E-state index in [-0.39, 0.29) is 5.69 Å². The molecule has 0 amide bonds. The quantitative estimate of drug-likeness (QED) is 0.481. The van der Waals surface area contributed by atoms with Crippen molar-refractivity contribution in [1.82, 2.24) is 9.78 Å². The van der Waals surface area contributed by atoms with E-state index in [9.17, 15) is 14.9 Å². The smallest absolute Gasteiger partial charge is 0.337 e. The number of nitro benzene ring substituents is 1. The largest absolute Gasteiger partial charge is 0.465 e. The molecule has 1 fully saturated rings. The zero-order valence-electron chi connectivity index (χ0n) is 14.2. The van der Waals surface area contributed by atoms with Crippen LogP contribution in [0, 0.1) is 10.1 Å². The fraction of sp³-hybridized carbons (Fsp3) is 0.412. The normalized spacial score (nSPS) is 15.2. The second-order valence-electron chi connectivity index (χ2n) is 6.16. The van der Waals surface area contributed by atoms with Gasteiger partial charge >= 0.3 is 5.97 Å². The topological polar surface area (TPSA) is 90.5 Å². The molecular weight excluding hydrogens is 324 g/mol. The lowest BCUT2D eigenvalue weighted by atomic mass is 9.91. The Bertz CT molecular complexity index is 794. The van der Waals surface area contributed by atoms with Crippen LogP contribution < -0.4 is 4.90 Å². The van der Waals surface area contributed by atoms with Crippen LogP contribution in [0.3, 0.4) is 0 Å². The predicted molar refractivity (Wildman–Crippen MR) is 91.8 cm³/mol. The Morgan fingerprint density at radius 3 is 2.64 bits per heavy atom. The zero-order valence-corrected chi connectivity index (χ0v) is 14.2. The highest BCUT2D eigenvalue weighted by Crippen LogP contribution is 2.35. The maximum Gasteiger partial charge on any atom is 0.337 e. The van der Waals surface area contributed by atoms with E-state index in [0.717, 1.165) is 12.8 Å². The average Bonchev–Trinajstić information content (AvgIpc) is 3.07. The van der Waals surface area contributed by atoms with Gasteiger partial charge in [-0.05, 0) is 36.5 Å². The van der Waals surface area contributed by atoms with Crippen LogP contribution >= 0.6 is 0 Å². The molecule has 1 aliphatic rings. The van der Waals surface area contributed by atoms with Gasteiger partial charge in [0.1, 0.15) is 5.69 Å². The van der Waals surface area contributed by atoms with Crippen LogP contribution in [0.5, 0.6) is 0 Å². The van der Waals surface area contributed by atoms with Crippen molar-refractivity contribution >= 4 is 17.3 Å². The van der Waals surface area contributed by atoms with Gasteiger partial charge in [0.05, 0.1) is 23.8 Å². The number of ether oxygens (including phenoxy) is 1. The van der Waals surface area contributed by atoms with Crippen LogP contribution in [0.15, 0.2) is 30.6 Å². The van der Waals surface area contributed by atoms with Crippen molar-refractivity contribution in [2.24, 2.45) is 7.05 Å². The summed E-state index contributed by atoms with van der Waals surface area (Å²) in [6, 6.07) is 4.35. The van der Waals surface area contributed by atoms with E-state index in [4.69, 9.17) is 4.74 Å². The number of nitro groups is 1. The van der Waals surface area contributed by atoms with Crippen LogP contribution in [0.25, 0.3) is 0 Å².